The zero-order valence-electron chi connectivity index (χ0n) is 13.8. The van der Waals surface area contributed by atoms with E-state index in [1.807, 2.05) is 0 Å². The molecular weight excluding hydrogens is 338 g/mol. The summed E-state index contributed by atoms with van der Waals surface area (Å²) in [6.45, 7) is -0.512. The molecule has 0 fully saturated rings. The van der Waals surface area contributed by atoms with Crippen LogP contribution in [0.15, 0.2) is 60.7 Å². The van der Waals surface area contributed by atoms with Crippen LogP contribution in [0.2, 0.25) is 0 Å². The number of nitrogens with one attached hydrogen (secondary N) is 1. The molecule has 3 N–H and O–H groups in total. The second kappa shape index (κ2) is 9.45. The first-order chi connectivity index (χ1) is 12.5. The number of carbonyl (C=O) groups excluding carboxylic acids is 2. The minimum Gasteiger partial charge on any atom is -0.459 e. The fourth-order valence-corrected chi connectivity index (χ4v) is 2.10. The van der Waals surface area contributed by atoms with Crippen LogP contribution in [0.3, 0.4) is 0 Å². The molecule has 2 aromatic rings. The van der Waals surface area contributed by atoms with Crippen molar-refractivity contribution in [3.63, 3.8) is 0 Å². The quantitative estimate of drug-likeness (QED) is 0.486. The second-order valence-corrected chi connectivity index (χ2v) is 5.43. The van der Waals surface area contributed by atoms with Crippen molar-refractivity contribution >= 4 is 18.2 Å². The van der Waals surface area contributed by atoms with Gasteiger partial charge in [-0.25, -0.2) is 9.59 Å². The van der Waals surface area contributed by atoms with Gasteiger partial charge in [0.1, 0.15) is 18.8 Å². The number of carbonyl (C=O) groups is 2. The molecule has 7 heteroatoms. The van der Waals surface area contributed by atoms with E-state index in [-0.39, 0.29) is 5.56 Å². The topological polar surface area (TPSA) is 117 Å². The molecule has 0 bridgehead atoms. The molecule has 0 heterocycles. The Bertz CT molecular complexity index is 734. The lowest BCUT2D eigenvalue weighted by atomic mass is 10.1. The molecule has 0 saturated carbocycles. The molecule has 0 aromatic heterocycles. The minimum atomic E-state index is -1.62. The van der Waals surface area contributed by atoms with Gasteiger partial charge >= 0.3 is 11.9 Å². The van der Waals surface area contributed by atoms with Gasteiger partial charge in [0, 0.05) is 6.21 Å². The van der Waals surface area contributed by atoms with Crippen LogP contribution >= 0.6 is 0 Å². The van der Waals surface area contributed by atoms with Crippen LogP contribution in [0, 0.1) is 5.41 Å². The molecule has 3 atom stereocenters. The molecule has 0 aliphatic rings. The van der Waals surface area contributed by atoms with E-state index < -0.39 is 36.9 Å². The van der Waals surface area contributed by atoms with E-state index >= 15 is 0 Å². The summed E-state index contributed by atoms with van der Waals surface area (Å²) in [5, 5.41) is 27.4. The van der Waals surface area contributed by atoms with Crippen molar-refractivity contribution in [1.82, 2.24) is 0 Å². The number of hydrogen-bond donors (Lipinski definition) is 3. The summed E-state index contributed by atoms with van der Waals surface area (Å²) in [5.41, 5.74) is 0.546. The van der Waals surface area contributed by atoms with Gasteiger partial charge in [0.25, 0.3) is 0 Å². The Labute approximate surface area is 150 Å². The minimum absolute atomic E-state index is 0.247. The van der Waals surface area contributed by atoms with E-state index in [1.54, 1.807) is 48.5 Å². The first-order valence-electron chi connectivity index (χ1n) is 7.88. The molecule has 0 spiro atoms. The van der Waals surface area contributed by atoms with Crippen molar-refractivity contribution < 1.29 is 29.3 Å². The second-order valence-electron chi connectivity index (χ2n) is 5.43. The number of rotatable bonds is 8. The van der Waals surface area contributed by atoms with E-state index in [4.69, 9.17) is 14.9 Å². The van der Waals surface area contributed by atoms with Crippen molar-refractivity contribution in [2.24, 2.45) is 0 Å². The Kier molecular flexibility index (Phi) is 7.02. The number of hydrogen-bond acceptors (Lipinski definition) is 7. The summed E-state index contributed by atoms with van der Waals surface area (Å²) in [6, 6.07) is 16.2. The molecule has 0 radical (unpaired) electrons. The predicted molar refractivity (Wildman–Crippen MR) is 93.2 cm³/mol. The number of benzene rings is 2. The van der Waals surface area contributed by atoms with Crippen LogP contribution in [0.5, 0.6) is 0 Å². The summed E-state index contributed by atoms with van der Waals surface area (Å²) in [7, 11) is 0. The lowest BCUT2D eigenvalue weighted by Gasteiger charge is -2.23. The van der Waals surface area contributed by atoms with Crippen LogP contribution in [0.1, 0.15) is 20.7 Å². The van der Waals surface area contributed by atoms with E-state index in [0.717, 1.165) is 0 Å². The third kappa shape index (κ3) is 5.23. The van der Waals surface area contributed by atoms with Crippen molar-refractivity contribution in [2.75, 3.05) is 6.61 Å². The normalized spacial score (nSPS) is 13.9. The van der Waals surface area contributed by atoms with Gasteiger partial charge in [0.05, 0.1) is 11.1 Å². The lowest BCUT2D eigenvalue weighted by Crippen LogP contribution is -2.43. The third-order valence-corrected chi connectivity index (χ3v) is 3.54. The summed E-state index contributed by atoms with van der Waals surface area (Å²) < 4.78 is 9.96. The number of aliphatic hydroxyl groups is 2. The summed E-state index contributed by atoms with van der Waals surface area (Å²) >= 11 is 0. The van der Waals surface area contributed by atoms with Gasteiger partial charge in [-0.3, -0.25) is 0 Å². The number of ether oxygens (including phenoxy) is 2. The smallest absolute Gasteiger partial charge is 0.338 e. The maximum atomic E-state index is 12.0. The number of esters is 2. The standard InChI is InChI=1S/C19H19NO6/c20-11-16(26-19(24)14-9-5-2-6-10-14)17(22)15(21)12-25-18(23)13-7-3-1-4-8-13/h1-11,15-17,20-22H,12H2/t15-,16+,17-/m1/s1. The molecule has 0 aliphatic carbocycles. The highest BCUT2D eigenvalue weighted by Crippen LogP contribution is 2.10. The lowest BCUT2D eigenvalue weighted by molar-refractivity contribution is -0.0669. The first kappa shape index (κ1) is 19.3. The highest BCUT2D eigenvalue weighted by Gasteiger charge is 2.29. The first-order valence-corrected chi connectivity index (χ1v) is 7.88. The maximum absolute atomic E-state index is 12.0. The molecule has 2 aromatic carbocycles. The van der Waals surface area contributed by atoms with Gasteiger partial charge < -0.3 is 25.1 Å². The molecular formula is C19H19NO6. The van der Waals surface area contributed by atoms with Gasteiger partial charge in [0.2, 0.25) is 0 Å². The van der Waals surface area contributed by atoms with Gasteiger partial charge in [-0.1, -0.05) is 36.4 Å². The van der Waals surface area contributed by atoms with E-state index in [0.29, 0.717) is 11.8 Å². The zero-order chi connectivity index (χ0) is 18.9. The highest BCUT2D eigenvalue weighted by atomic mass is 16.6. The zero-order valence-corrected chi connectivity index (χ0v) is 13.8. The molecule has 26 heavy (non-hydrogen) atoms. The molecule has 0 amide bonds. The maximum Gasteiger partial charge on any atom is 0.338 e. The van der Waals surface area contributed by atoms with Gasteiger partial charge in [0.15, 0.2) is 6.10 Å². The Hall–Kier alpha value is -3.03. The van der Waals surface area contributed by atoms with Crippen molar-refractivity contribution in [2.45, 2.75) is 18.3 Å². The third-order valence-electron chi connectivity index (χ3n) is 3.54. The van der Waals surface area contributed by atoms with Crippen molar-refractivity contribution in [1.29, 1.82) is 5.41 Å². The fourth-order valence-electron chi connectivity index (χ4n) is 2.10. The largest absolute Gasteiger partial charge is 0.459 e. The van der Waals surface area contributed by atoms with Crippen LogP contribution in [0.4, 0.5) is 0 Å². The van der Waals surface area contributed by atoms with Gasteiger partial charge in [-0.05, 0) is 24.3 Å². The summed E-state index contributed by atoms with van der Waals surface area (Å²) in [4.78, 5) is 23.8. The van der Waals surface area contributed by atoms with E-state index in [2.05, 4.69) is 0 Å². The Balaban J connectivity index is 1.90. The Morgan fingerprint density at radius 3 is 1.92 bits per heavy atom. The monoisotopic (exact) mass is 357 g/mol. The molecule has 2 rings (SSSR count). The predicted octanol–water partition coefficient (Wildman–Crippen LogP) is 1.44. The van der Waals surface area contributed by atoms with Crippen molar-refractivity contribution in [3.8, 4) is 0 Å². The van der Waals surface area contributed by atoms with E-state index in [1.165, 1.54) is 12.1 Å². The van der Waals surface area contributed by atoms with Crippen LogP contribution in [0.25, 0.3) is 0 Å². The summed E-state index contributed by atoms with van der Waals surface area (Å²) in [6.07, 6.45) is -3.83. The molecule has 136 valence electrons. The van der Waals surface area contributed by atoms with Crippen LogP contribution in [-0.4, -0.2) is 53.3 Å². The Morgan fingerprint density at radius 1 is 0.923 bits per heavy atom. The van der Waals surface area contributed by atoms with E-state index in [9.17, 15) is 19.8 Å². The molecule has 7 nitrogen and oxygen atoms in total. The van der Waals surface area contributed by atoms with Crippen molar-refractivity contribution in [3.05, 3.63) is 71.8 Å². The average molecular weight is 357 g/mol. The average Bonchev–Trinajstić information content (AvgIpc) is 2.70. The fraction of sp³-hybridized carbons (Fsp3) is 0.211. The summed E-state index contributed by atoms with van der Waals surface area (Å²) in [5.74, 6) is -1.41. The molecule has 0 unspecified atom stereocenters. The van der Waals surface area contributed by atoms with Gasteiger partial charge in [-0.15, -0.1) is 0 Å². The molecule has 0 saturated heterocycles. The van der Waals surface area contributed by atoms with Gasteiger partial charge in [-0.2, -0.15) is 0 Å². The SMILES string of the molecule is N=C[C@H](OC(=O)c1ccccc1)[C@H](O)[C@H](O)COC(=O)c1ccccc1. The molecule has 0 aliphatic heterocycles. The highest BCUT2D eigenvalue weighted by molar-refractivity contribution is 5.90. The number of aliphatic hydroxyl groups excluding tert-OH is 2. The van der Waals surface area contributed by atoms with Crippen LogP contribution < -0.4 is 0 Å². The Morgan fingerprint density at radius 2 is 1.42 bits per heavy atom. The van der Waals surface area contributed by atoms with Crippen LogP contribution in [-0.2, 0) is 9.47 Å².